The quantitative estimate of drug-likeness (QED) is 0.876. The van der Waals surface area contributed by atoms with E-state index < -0.39 is 0 Å². The summed E-state index contributed by atoms with van der Waals surface area (Å²) in [6, 6.07) is 7.50. The highest BCUT2D eigenvalue weighted by atomic mass is 16.5. The lowest BCUT2D eigenvalue weighted by molar-refractivity contribution is -0.137. The lowest BCUT2D eigenvalue weighted by Crippen LogP contribution is -2.48. The minimum atomic E-state index is -0.308. The van der Waals surface area contributed by atoms with Crippen LogP contribution in [0.4, 0.5) is 0 Å². The molecule has 1 aromatic rings. The summed E-state index contributed by atoms with van der Waals surface area (Å²) in [5.74, 6) is 0.277. The van der Waals surface area contributed by atoms with E-state index in [1.807, 2.05) is 58.9 Å². The number of likely N-dealkylation sites (N-methyl/N-ethyl adjacent to an activating group) is 1. The van der Waals surface area contributed by atoms with Crippen LogP contribution < -0.4 is 10.1 Å². The van der Waals surface area contributed by atoms with E-state index in [0.29, 0.717) is 12.3 Å². The predicted octanol–water partition coefficient (Wildman–Crippen LogP) is 2.14. The Hall–Kier alpha value is -2.04. The molecule has 0 aliphatic heterocycles. The number of carbonyl (C=O) groups is 2. The van der Waals surface area contributed by atoms with Crippen LogP contribution in [0.15, 0.2) is 24.3 Å². The normalized spacial score (nSPS) is 11.0. The Morgan fingerprint density at radius 2 is 1.77 bits per heavy atom. The SMILES string of the molecule is CCN(CC(=O)NC(C)(C)C)C(=O)COc1ccc(C)cc1. The van der Waals surface area contributed by atoms with Crippen molar-refractivity contribution in [3.8, 4) is 5.75 Å². The van der Waals surface area contributed by atoms with Gasteiger partial charge < -0.3 is 15.0 Å². The Morgan fingerprint density at radius 3 is 2.27 bits per heavy atom. The van der Waals surface area contributed by atoms with Crippen LogP contribution in [0, 0.1) is 6.92 Å². The first-order valence-electron chi connectivity index (χ1n) is 7.49. The fourth-order valence-corrected chi connectivity index (χ4v) is 1.88. The third kappa shape index (κ3) is 6.61. The Morgan fingerprint density at radius 1 is 1.18 bits per heavy atom. The molecule has 0 aromatic heterocycles. The monoisotopic (exact) mass is 306 g/mol. The third-order valence-corrected chi connectivity index (χ3v) is 2.97. The van der Waals surface area contributed by atoms with Gasteiger partial charge in [-0.15, -0.1) is 0 Å². The molecule has 122 valence electrons. The molecule has 1 rings (SSSR count). The molecule has 1 aromatic carbocycles. The van der Waals surface area contributed by atoms with Crippen LogP contribution in [0.3, 0.4) is 0 Å². The molecule has 0 aliphatic rings. The van der Waals surface area contributed by atoms with Crippen molar-refractivity contribution in [1.29, 1.82) is 0 Å². The van der Waals surface area contributed by atoms with Crippen molar-refractivity contribution in [1.82, 2.24) is 10.2 Å². The van der Waals surface area contributed by atoms with Gasteiger partial charge in [0.25, 0.3) is 5.91 Å². The lowest BCUT2D eigenvalue weighted by Gasteiger charge is -2.25. The molecule has 0 saturated carbocycles. The molecule has 0 saturated heterocycles. The first kappa shape index (κ1) is 18.0. The average Bonchev–Trinajstić information content (AvgIpc) is 2.42. The first-order chi connectivity index (χ1) is 10.2. The predicted molar refractivity (Wildman–Crippen MR) is 86.8 cm³/mol. The van der Waals surface area contributed by atoms with E-state index >= 15 is 0 Å². The number of hydrogen-bond acceptors (Lipinski definition) is 3. The van der Waals surface area contributed by atoms with Gasteiger partial charge in [-0.05, 0) is 46.8 Å². The van der Waals surface area contributed by atoms with Crippen LogP contribution in [0.2, 0.25) is 0 Å². The molecule has 1 N–H and O–H groups in total. The van der Waals surface area contributed by atoms with E-state index in [1.54, 1.807) is 0 Å². The summed E-state index contributed by atoms with van der Waals surface area (Å²) in [4.78, 5) is 25.5. The zero-order valence-corrected chi connectivity index (χ0v) is 14.1. The number of aryl methyl sites for hydroxylation is 1. The molecule has 5 heteroatoms. The topological polar surface area (TPSA) is 58.6 Å². The van der Waals surface area contributed by atoms with Gasteiger partial charge in [-0.25, -0.2) is 0 Å². The maximum atomic E-state index is 12.1. The number of hydrogen-bond donors (Lipinski definition) is 1. The van der Waals surface area contributed by atoms with E-state index in [4.69, 9.17) is 4.74 Å². The van der Waals surface area contributed by atoms with Gasteiger partial charge in [-0.1, -0.05) is 17.7 Å². The Balaban J connectivity index is 2.50. The molecule has 0 fully saturated rings. The van der Waals surface area contributed by atoms with E-state index in [-0.39, 0.29) is 30.5 Å². The molecule has 0 heterocycles. The molecule has 0 bridgehead atoms. The summed E-state index contributed by atoms with van der Waals surface area (Å²) < 4.78 is 5.47. The Labute approximate surface area is 132 Å². The van der Waals surface area contributed by atoms with Crippen LogP contribution in [0.5, 0.6) is 5.75 Å². The average molecular weight is 306 g/mol. The Kier molecular flexibility index (Phi) is 6.40. The van der Waals surface area contributed by atoms with Crippen LogP contribution in [-0.2, 0) is 9.59 Å². The van der Waals surface area contributed by atoms with E-state index in [9.17, 15) is 9.59 Å². The number of nitrogens with one attached hydrogen (secondary N) is 1. The molecule has 0 unspecified atom stereocenters. The van der Waals surface area contributed by atoms with Gasteiger partial charge in [0.15, 0.2) is 6.61 Å². The minimum Gasteiger partial charge on any atom is -0.484 e. The van der Waals surface area contributed by atoms with Crippen molar-refractivity contribution in [3.63, 3.8) is 0 Å². The van der Waals surface area contributed by atoms with Gasteiger partial charge in [0.2, 0.25) is 5.91 Å². The van der Waals surface area contributed by atoms with Crippen molar-refractivity contribution >= 4 is 11.8 Å². The third-order valence-electron chi connectivity index (χ3n) is 2.97. The van der Waals surface area contributed by atoms with E-state index in [1.165, 1.54) is 4.90 Å². The fraction of sp³-hybridized carbons (Fsp3) is 0.529. The molecule has 0 spiro atoms. The number of amides is 2. The van der Waals surface area contributed by atoms with Crippen molar-refractivity contribution in [2.75, 3.05) is 19.7 Å². The molecular weight excluding hydrogens is 280 g/mol. The number of rotatable bonds is 6. The number of carbonyl (C=O) groups excluding carboxylic acids is 2. The van der Waals surface area contributed by atoms with Crippen LogP contribution >= 0.6 is 0 Å². The largest absolute Gasteiger partial charge is 0.484 e. The van der Waals surface area contributed by atoms with Gasteiger partial charge in [-0.3, -0.25) is 9.59 Å². The lowest BCUT2D eigenvalue weighted by atomic mass is 10.1. The van der Waals surface area contributed by atoms with Crippen LogP contribution in [0.1, 0.15) is 33.3 Å². The van der Waals surface area contributed by atoms with Crippen LogP contribution in [0.25, 0.3) is 0 Å². The van der Waals surface area contributed by atoms with Crippen molar-refractivity contribution < 1.29 is 14.3 Å². The smallest absolute Gasteiger partial charge is 0.260 e. The highest BCUT2D eigenvalue weighted by Crippen LogP contribution is 2.11. The van der Waals surface area contributed by atoms with Gasteiger partial charge in [0.05, 0.1) is 6.54 Å². The number of ether oxygens (including phenoxy) is 1. The number of nitrogens with zero attached hydrogens (tertiary/aromatic N) is 1. The second kappa shape index (κ2) is 7.82. The molecule has 0 atom stereocenters. The van der Waals surface area contributed by atoms with Crippen molar-refractivity contribution in [2.24, 2.45) is 0 Å². The Bertz CT molecular complexity index is 504. The van der Waals surface area contributed by atoms with E-state index in [2.05, 4.69) is 5.32 Å². The van der Waals surface area contributed by atoms with Gasteiger partial charge >= 0.3 is 0 Å². The summed E-state index contributed by atoms with van der Waals surface area (Å²) in [7, 11) is 0. The molecule has 2 amide bonds. The molecule has 0 radical (unpaired) electrons. The highest BCUT2D eigenvalue weighted by Gasteiger charge is 2.19. The molecule has 22 heavy (non-hydrogen) atoms. The van der Waals surface area contributed by atoms with Gasteiger partial charge in [0.1, 0.15) is 5.75 Å². The zero-order chi connectivity index (χ0) is 16.8. The van der Waals surface area contributed by atoms with Gasteiger partial charge in [0, 0.05) is 12.1 Å². The maximum absolute atomic E-state index is 12.1. The second-order valence-electron chi connectivity index (χ2n) is 6.31. The van der Waals surface area contributed by atoms with Crippen molar-refractivity contribution in [2.45, 2.75) is 40.2 Å². The summed E-state index contributed by atoms with van der Waals surface area (Å²) in [6.07, 6.45) is 0. The van der Waals surface area contributed by atoms with Crippen molar-refractivity contribution in [3.05, 3.63) is 29.8 Å². The van der Waals surface area contributed by atoms with E-state index in [0.717, 1.165) is 5.56 Å². The summed E-state index contributed by atoms with van der Waals surface area (Å²) in [6.45, 7) is 9.99. The second-order valence-corrected chi connectivity index (χ2v) is 6.31. The molecule has 5 nitrogen and oxygen atoms in total. The molecule has 0 aliphatic carbocycles. The minimum absolute atomic E-state index is 0.0455. The summed E-state index contributed by atoms with van der Waals surface area (Å²) in [5, 5.41) is 2.85. The first-order valence-corrected chi connectivity index (χ1v) is 7.49. The standard InChI is InChI=1S/C17H26N2O3/c1-6-19(11-15(20)18-17(3,4)5)16(21)12-22-14-9-7-13(2)8-10-14/h7-10H,6,11-12H2,1-5H3,(H,18,20). The van der Waals surface area contributed by atoms with Crippen LogP contribution in [-0.4, -0.2) is 41.9 Å². The molecular formula is C17H26N2O3. The summed E-state index contributed by atoms with van der Waals surface area (Å²) >= 11 is 0. The highest BCUT2D eigenvalue weighted by molar-refractivity contribution is 5.85. The zero-order valence-electron chi connectivity index (χ0n) is 14.1. The summed E-state index contributed by atoms with van der Waals surface area (Å²) in [5.41, 5.74) is 0.825. The fourth-order valence-electron chi connectivity index (χ4n) is 1.88. The number of benzene rings is 1. The maximum Gasteiger partial charge on any atom is 0.260 e. The van der Waals surface area contributed by atoms with Gasteiger partial charge in [-0.2, -0.15) is 0 Å².